The van der Waals surface area contributed by atoms with Gasteiger partial charge in [-0.25, -0.2) is 0 Å². The molecule has 2 amide bonds. The summed E-state index contributed by atoms with van der Waals surface area (Å²) in [6, 6.07) is 7.37. The SMILES string of the molecule is CCC1(CO)CCN(C(=O)Cc2ccc(NC(C)=O)cc2)CC1. The number of aliphatic hydroxyl groups is 1. The van der Waals surface area contributed by atoms with Crippen LogP contribution in [-0.4, -0.2) is 41.5 Å². The molecule has 1 aromatic rings. The molecule has 126 valence electrons. The van der Waals surface area contributed by atoms with E-state index in [2.05, 4.69) is 12.2 Å². The second-order valence-corrected chi connectivity index (χ2v) is 6.45. The lowest BCUT2D eigenvalue weighted by Crippen LogP contribution is -2.44. The van der Waals surface area contributed by atoms with E-state index in [-0.39, 0.29) is 23.8 Å². The zero-order chi connectivity index (χ0) is 16.9. The smallest absolute Gasteiger partial charge is 0.226 e. The monoisotopic (exact) mass is 318 g/mol. The Kier molecular flexibility index (Phi) is 5.77. The fourth-order valence-electron chi connectivity index (χ4n) is 3.05. The summed E-state index contributed by atoms with van der Waals surface area (Å²) in [6.07, 6.45) is 3.06. The molecule has 2 rings (SSSR count). The minimum atomic E-state index is -0.106. The van der Waals surface area contributed by atoms with E-state index in [0.717, 1.165) is 43.6 Å². The van der Waals surface area contributed by atoms with Crippen LogP contribution in [0.4, 0.5) is 5.69 Å². The van der Waals surface area contributed by atoms with Crippen LogP contribution < -0.4 is 5.32 Å². The van der Waals surface area contributed by atoms with Gasteiger partial charge in [-0.2, -0.15) is 0 Å². The van der Waals surface area contributed by atoms with Crippen LogP contribution in [0.3, 0.4) is 0 Å². The third-order valence-electron chi connectivity index (χ3n) is 4.89. The third kappa shape index (κ3) is 4.55. The molecular formula is C18H26N2O3. The topological polar surface area (TPSA) is 69.6 Å². The van der Waals surface area contributed by atoms with E-state index in [0.29, 0.717) is 6.42 Å². The highest BCUT2D eigenvalue weighted by molar-refractivity contribution is 5.88. The number of anilines is 1. The van der Waals surface area contributed by atoms with Crippen LogP contribution in [0.5, 0.6) is 0 Å². The van der Waals surface area contributed by atoms with Gasteiger partial charge in [-0.05, 0) is 42.4 Å². The molecule has 1 aliphatic rings. The van der Waals surface area contributed by atoms with Gasteiger partial charge < -0.3 is 15.3 Å². The minimum absolute atomic E-state index is 0.00319. The summed E-state index contributed by atoms with van der Waals surface area (Å²) in [5.74, 6) is 0.0188. The Hall–Kier alpha value is -1.88. The number of hydrogen-bond donors (Lipinski definition) is 2. The number of nitrogens with zero attached hydrogens (tertiary/aromatic N) is 1. The van der Waals surface area contributed by atoms with Gasteiger partial charge in [-0.1, -0.05) is 19.1 Å². The Labute approximate surface area is 137 Å². The second-order valence-electron chi connectivity index (χ2n) is 6.45. The molecule has 0 bridgehead atoms. The van der Waals surface area contributed by atoms with Crippen molar-refractivity contribution in [1.82, 2.24) is 4.90 Å². The Morgan fingerprint density at radius 1 is 1.22 bits per heavy atom. The molecule has 0 spiro atoms. The van der Waals surface area contributed by atoms with Crippen LogP contribution in [0.2, 0.25) is 0 Å². The number of rotatable bonds is 5. The summed E-state index contributed by atoms with van der Waals surface area (Å²) >= 11 is 0. The van der Waals surface area contributed by atoms with Crippen molar-refractivity contribution in [3.8, 4) is 0 Å². The predicted molar refractivity (Wildman–Crippen MR) is 90.1 cm³/mol. The van der Waals surface area contributed by atoms with Gasteiger partial charge >= 0.3 is 0 Å². The van der Waals surface area contributed by atoms with Crippen LogP contribution in [-0.2, 0) is 16.0 Å². The Morgan fingerprint density at radius 3 is 2.30 bits per heavy atom. The van der Waals surface area contributed by atoms with Crippen LogP contribution in [0.25, 0.3) is 0 Å². The van der Waals surface area contributed by atoms with Crippen LogP contribution in [0, 0.1) is 5.41 Å². The summed E-state index contributed by atoms with van der Waals surface area (Å²) in [4.78, 5) is 25.3. The summed E-state index contributed by atoms with van der Waals surface area (Å²) in [5.41, 5.74) is 1.68. The molecule has 1 saturated heterocycles. The maximum atomic E-state index is 12.4. The van der Waals surface area contributed by atoms with Gasteiger partial charge in [0.1, 0.15) is 0 Å². The van der Waals surface area contributed by atoms with Gasteiger partial charge in [0.05, 0.1) is 6.42 Å². The fraction of sp³-hybridized carbons (Fsp3) is 0.556. The summed E-state index contributed by atoms with van der Waals surface area (Å²) in [5, 5.41) is 12.3. The molecule has 0 radical (unpaired) electrons. The number of hydrogen-bond acceptors (Lipinski definition) is 3. The molecule has 0 atom stereocenters. The van der Waals surface area contributed by atoms with Crippen molar-refractivity contribution in [3.05, 3.63) is 29.8 Å². The first-order valence-corrected chi connectivity index (χ1v) is 8.23. The molecule has 1 fully saturated rings. The summed E-state index contributed by atoms with van der Waals surface area (Å²) < 4.78 is 0. The first kappa shape index (κ1) is 17.5. The second kappa shape index (κ2) is 7.59. The first-order valence-electron chi connectivity index (χ1n) is 8.23. The highest BCUT2D eigenvalue weighted by Crippen LogP contribution is 2.34. The predicted octanol–water partition coefficient (Wildman–Crippen LogP) is 2.20. The lowest BCUT2D eigenvalue weighted by molar-refractivity contribution is -0.133. The number of amides is 2. The van der Waals surface area contributed by atoms with Crippen molar-refractivity contribution < 1.29 is 14.7 Å². The van der Waals surface area contributed by atoms with E-state index in [1.807, 2.05) is 29.2 Å². The first-order chi connectivity index (χ1) is 11.0. The molecule has 1 aliphatic heterocycles. The molecule has 0 aromatic heterocycles. The number of carbonyl (C=O) groups excluding carboxylic acids is 2. The standard InChI is InChI=1S/C18H26N2O3/c1-3-18(13-21)8-10-20(11-9-18)17(23)12-15-4-6-16(7-5-15)19-14(2)22/h4-7,21H,3,8-13H2,1-2H3,(H,19,22). The largest absolute Gasteiger partial charge is 0.396 e. The van der Waals surface area contributed by atoms with Crippen molar-refractivity contribution in [1.29, 1.82) is 0 Å². The Balaban J connectivity index is 1.89. The lowest BCUT2D eigenvalue weighted by atomic mass is 9.77. The van der Waals surface area contributed by atoms with Gasteiger partial charge in [0, 0.05) is 32.3 Å². The zero-order valence-corrected chi connectivity index (χ0v) is 14.0. The number of benzene rings is 1. The van der Waals surface area contributed by atoms with Gasteiger partial charge in [0.2, 0.25) is 11.8 Å². The molecule has 0 unspecified atom stereocenters. The van der Waals surface area contributed by atoms with Gasteiger partial charge in [-0.3, -0.25) is 9.59 Å². The number of piperidine rings is 1. The van der Waals surface area contributed by atoms with E-state index in [9.17, 15) is 14.7 Å². The number of likely N-dealkylation sites (tertiary alicyclic amines) is 1. The van der Waals surface area contributed by atoms with E-state index in [1.54, 1.807) is 0 Å². The number of nitrogens with one attached hydrogen (secondary N) is 1. The molecule has 1 heterocycles. The quantitative estimate of drug-likeness (QED) is 0.874. The van der Waals surface area contributed by atoms with Crippen LogP contribution >= 0.6 is 0 Å². The highest BCUT2D eigenvalue weighted by atomic mass is 16.3. The average molecular weight is 318 g/mol. The molecule has 1 aromatic carbocycles. The molecule has 2 N–H and O–H groups in total. The van der Waals surface area contributed by atoms with E-state index in [4.69, 9.17) is 0 Å². The highest BCUT2D eigenvalue weighted by Gasteiger charge is 2.33. The molecule has 5 nitrogen and oxygen atoms in total. The normalized spacial score (nSPS) is 16.9. The Morgan fingerprint density at radius 2 is 1.83 bits per heavy atom. The van der Waals surface area contributed by atoms with Crippen molar-refractivity contribution in [3.63, 3.8) is 0 Å². The zero-order valence-electron chi connectivity index (χ0n) is 14.0. The van der Waals surface area contributed by atoms with Gasteiger partial charge in [-0.15, -0.1) is 0 Å². The van der Waals surface area contributed by atoms with Crippen molar-refractivity contribution >= 4 is 17.5 Å². The van der Waals surface area contributed by atoms with E-state index >= 15 is 0 Å². The molecule has 0 aliphatic carbocycles. The molecule has 0 saturated carbocycles. The maximum absolute atomic E-state index is 12.4. The molecular weight excluding hydrogens is 292 g/mol. The number of aliphatic hydroxyl groups excluding tert-OH is 1. The van der Waals surface area contributed by atoms with E-state index in [1.165, 1.54) is 6.92 Å². The summed E-state index contributed by atoms with van der Waals surface area (Å²) in [7, 11) is 0. The maximum Gasteiger partial charge on any atom is 0.226 e. The van der Waals surface area contributed by atoms with Crippen molar-refractivity contribution in [2.75, 3.05) is 25.0 Å². The van der Waals surface area contributed by atoms with Gasteiger partial charge in [0.15, 0.2) is 0 Å². The molecule has 5 heteroatoms. The Bertz CT molecular complexity index is 540. The third-order valence-corrected chi connectivity index (χ3v) is 4.89. The van der Waals surface area contributed by atoms with Crippen LogP contribution in [0.1, 0.15) is 38.7 Å². The van der Waals surface area contributed by atoms with Crippen molar-refractivity contribution in [2.24, 2.45) is 5.41 Å². The number of carbonyl (C=O) groups is 2. The van der Waals surface area contributed by atoms with Crippen LogP contribution in [0.15, 0.2) is 24.3 Å². The van der Waals surface area contributed by atoms with E-state index < -0.39 is 0 Å². The fourth-order valence-corrected chi connectivity index (χ4v) is 3.05. The molecule has 23 heavy (non-hydrogen) atoms. The lowest BCUT2D eigenvalue weighted by Gasteiger charge is -2.40. The van der Waals surface area contributed by atoms with Gasteiger partial charge in [0.25, 0.3) is 0 Å². The minimum Gasteiger partial charge on any atom is -0.396 e. The summed E-state index contributed by atoms with van der Waals surface area (Å²) in [6.45, 7) is 5.21. The average Bonchev–Trinajstić information content (AvgIpc) is 2.56. The van der Waals surface area contributed by atoms with Crippen molar-refractivity contribution in [2.45, 2.75) is 39.5 Å².